The van der Waals surface area contributed by atoms with E-state index in [0.29, 0.717) is 0 Å². The maximum Gasteiger partial charge on any atom is 0.0483 e. The minimum absolute atomic E-state index is 0. The van der Waals surface area contributed by atoms with E-state index in [9.17, 15) is 0 Å². The van der Waals surface area contributed by atoms with Crippen LogP contribution in [0.2, 0.25) is 0 Å². The first-order valence-corrected chi connectivity index (χ1v) is 3.40. The molecule has 0 spiro atoms. The fourth-order valence-corrected chi connectivity index (χ4v) is 1.24. The standard InChI is InChI=1S/C9H9N.ClH/c1-7-3-2-4-8-5-6-10-9(7)8;/h2-6,10H,1H3;1H. The summed E-state index contributed by atoms with van der Waals surface area (Å²) in [4.78, 5) is 3.19. The fraction of sp³-hybridized carbons (Fsp3) is 0.111. The van der Waals surface area contributed by atoms with Crippen molar-refractivity contribution >= 4 is 23.3 Å². The van der Waals surface area contributed by atoms with E-state index in [1.54, 1.807) is 0 Å². The van der Waals surface area contributed by atoms with E-state index in [0.717, 1.165) is 0 Å². The number of hydrogen-bond acceptors (Lipinski definition) is 0. The molecule has 2 rings (SSSR count). The van der Waals surface area contributed by atoms with E-state index in [4.69, 9.17) is 0 Å². The third-order valence-corrected chi connectivity index (χ3v) is 1.80. The quantitative estimate of drug-likeness (QED) is 0.621. The summed E-state index contributed by atoms with van der Waals surface area (Å²) in [5, 5.41) is 1.29. The maximum absolute atomic E-state index is 3.19. The first-order chi connectivity index (χ1) is 4.88. The van der Waals surface area contributed by atoms with Crippen molar-refractivity contribution in [2.45, 2.75) is 6.92 Å². The lowest BCUT2D eigenvalue weighted by molar-refractivity contribution is 1.42. The minimum Gasteiger partial charge on any atom is -0.361 e. The second kappa shape index (κ2) is 2.97. The summed E-state index contributed by atoms with van der Waals surface area (Å²) in [6.07, 6.45) is 1.97. The highest BCUT2D eigenvalue weighted by Crippen LogP contribution is 2.14. The monoisotopic (exact) mass is 167 g/mol. The molecule has 1 aromatic heterocycles. The van der Waals surface area contributed by atoms with Gasteiger partial charge in [-0.2, -0.15) is 0 Å². The van der Waals surface area contributed by atoms with E-state index < -0.39 is 0 Å². The van der Waals surface area contributed by atoms with Crippen molar-refractivity contribution in [1.29, 1.82) is 0 Å². The van der Waals surface area contributed by atoms with Crippen LogP contribution in [0.4, 0.5) is 0 Å². The highest BCUT2D eigenvalue weighted by atomic mass is 35.5. The van der Waals surface area contributed by atoms with Crippen molar-refractivity contribution < 1.29 is 0 Å². The van der Waals surface area contributed by atoms with E-state index >= 15 is 0 Å². The molecule has 2 aromatic rings. The Morgan fingerprint density at radius 3 is 2.73 bits per heavy atom. The second-order valence-electron chi connectivity index (χ2n) is 2.52. The Balaban J connectivity index is 0.000000605. The van der Waals surface area contributed by atoms with Crippen LogP contribution in [0.5, 0.6) is 0 Å². The van der Waals surface area contributed by atoms with Gasteiger partial charge in [0.15, 0.2) is 0 Å². The molecule has 0 aliphatic heterocycles. The highest BCUT2D eigenvalue weighted by molar-refractivity contribution is 5.85. The summed E-state index contributed by atoms with van der Waals surface area (Å²) in [5.41, 5.74) is 2.56. The molecule has 1 nitrogen and oxygen atoms in total. The number of rotatable bonds is 0. The zero-order valence-electron chi connectivity index (χ0n) is 6.29. The molecule has 0 unspecified atom stereocenters. The molecule has 0 amide bonds. The lowest BCUT2D eigenvalue weighted by Crippen LogP contribution is -1.72. The van der Waals surface area contributed by atoms with Gasteiger partial charge in [0.05, 0.1) is 0 Å². The van der Waals surface area contributed by atoms with E-state index in [2.05, 4.69) is 36.2 Å². The van der Waals surface area contributed by atoms with E-state index in [1.165, 1.54) is 16.5 Å². The number of aryl methyl sites for hydroxylation is 1. The molecule has 2 heteroatoms. The number of aromatic amines is 1. The number of para-hydroxylation sites is 1. The van der Waals surface area contributed by atoms with Crippen LogP contribution in [0.3, 0.4) is 0 Å². The maximum atomic E-state index is 3.19. The second-order valence-corrected chi connectivity index (χ2v) is 2.52. The van der Waals surface area contributed by atoms with E-state index in [-0.39, 0.29) is 12.4 Å². The van der Waals surface area contributed by atoms with Crippen LogP contribution < -0.4 is 0 Å². The van der Waals surface area contributed by atoms with Gasteiger partial charge in [0, 0.05) is 11.7 Å². The van der Waals surface area contributed by atoms with Crippen molar-refractivity contribution in [3.8, 4) is 0 Å². The average molecular weight is 168 g/mol. The predicted octanol–water partition coefficient (Wildman–Crippen LogP) is 2.90. The smallest absolute Gasteiger partial charge is 0.0483 e. The lowest BCUT2D eigenvalue weighted by atomic mass is 10.2. The SMILES string of the molecule is Cc1cccc2cc[nH]c12.Cl. The lowest BCUT2D eigenvalue weighted by Gasteiger charge is -1.92. The average Bonchev–Trinajstić information content (AvgIpc) is 2.36. The number of benzene rings is 1. The molecule has 0 saturated heterocycles. The van der Waals surface area contributed by atoms with Crippen LogP contribution in [-0.4, -0.2) is 4.98 Å². The molecule has 1 heterocycles. The zero-order valence-corrected chi connectivity index (χ0v) is 7.11. The number of H-pyrrole nitrogens is 1. The van der Waals surface area contributed by atoms with Gasteiger partial charge in [0.2, 0.25) is 0 Å². The van der Waals surface area contributed by atoms with Crippen LogP contribution in [-0.2, 0) is 0 Å². The van der Waals surface area contributed by atoms with Crippen LogP contribution in [0, 0.1) is 6.92 Å². The largest absolute Gasteiger partial charge is 0.361 e. The Bertz CT molecular complexity index is 351. The van der Waals surface area contributed by atoms with Crippen molar-refractivity contribution in [3.63, 3.8) is 0 Å². The molecule has 0 aliphatic carbocycles. The molecule has 0 saturated carbocycles. The van der Waals surface area contributed by atoms with Gasteiger partial charge in [0.1, 0.15) is 0 Å². The molecule has 0 bridgehead atoms. The summed E-state index contributed by atoms with van der Waals surface area (Å²) < 4.78 is 0. The van der Waals surface area contributed by atoms with Crippen LogP contribution in [0.1, 0.15) is 5.56 Å². The predicted molar refractivity (Wildman–Crippen MR) is 50.3 cm³/mol. The highest BCUT2D eigenvalue weighted by Gasteiger charge is 1.93. The van der Waals surface area contributed by atoms with Gasteiger partial charge in [-0.25, -0.2) is 0 Å². The molecule has 0 atom stereocenters. The van der Waals surface area contributed by atoms with Gasteiger partial charge >= 0.3 is 0 Å². The fourth-order valence-electron chi connectivity index (χ4n) is 1.24. The van der Waals surface area contributed by atoms with Crippen molar-refractivity contribution in [1.82, 2.24) is 4.98 Å². The Hall–Kier alpha value is -0.950. The Morgan fingerprint density at radius 1 is 1.18 bits per heavy atom. The van der Waals surface area contributed by atoms with Crippen LogP contribution >= 0.6 is 12.4 Å². The summed E-state index contributed by atoms with van der Waals surface area (Å²) in [5.74, 6) is 0. The van der Waals surface area contributed by atoms with Gasteiger partial charge < -0.3 is 4.98 Å². The number of aromatic nitrogens is 1. The number of hydrogen-bond donors (Lipinski definition) is 1. The third-order valence-electron chi connectivity index (χ3n) is 1.80. The zero-order chi connectivity index (χ0) is 6.97. The topological polar surface area (TPSA) is 15.8 Å². The molecule has 1 N–H and O–H groups in total. The molecular weight excluding hydrogens is 158 g/mol. The Labute approximate surface area is 71.8 Å². The number of halogens is 1. The molecule has 1 aromatic carbocycles. The normalized spacial score (nSPS) is 9.55. The summed E-state index contributed by atoms with van der Waals surface area (Å²) in [6.45, 7) is 2.11. The van der Waals surface area contributed by atoms with E-state index in [1.807, 2.05) is 6.20 Å². The molecular formula is C9H10ClN. The first-order valence-electron chi connectivity index (χ1n) is 3.40. The number of fused-ring (bicyclic) bond motifs is 1. The molecule has 0 fully saturated rings. The Morgan fingerprint density at radius 2 is 2.00 bits per heavy atom. The van der Waals surface area contributed by atoms with Gasteiger partial charge in [-0.3, -0.25) is 0 Å². The van der Waals surface area contributed by atoms with Gasteiger partial charge in [0.25, 0.3) is 0 Å². The van der Waals surface area contributed by atoms with Crippen molar-refractivity contribution in [3.05, 3.63) is 36.0 Å². The first kappa shape index (κ1) is 8.15. The Kier molecular flexibility index (Phi) is 2.20. The van der Waals surface area contributed by atoms with Gasteiger partial charge in [-0.05, 0) is 23.9 Å². The molecule has 11 heavy (non-hydrogen) atoms. The summed E-state index contributed by atoms with van der Waals surface area (Å²) in [7, 11) is 0. The van der Waals surface area contributed by atoms with Gasteiger partial charge in [-0.1, -0.05) is 18.2 Å². The number of nitrogens with one attached hydrogen (secondary N) is 1. The van der Waals surface area contributed by atoms with Crippen LogP contribution in [0.25, 0.3) is 10.9 Å². The van der Waals surface area contributed by atoms with Gasteiger partial charge in [-0.15, -0.1) is 12.4 Å². The molecule has 0 aliphatic rings. The molecule has 0 radical (unpaired) electrons. The minimum atomic E-state index is 0. The third kappa shape index (κ3) is 1.24. The van der Waals surface area contributed by atoms with Crippen molar-refractivity contribution in [2.75, 3.05) is 0 Å². The molecule has 58 valence electrons. The summed E-state index contributed by atoms with van der Waals surface area (Å²) in [6, 6.07) is 8.38. The van der Waals surface area contributed by atoms with Crippen molar-refractivity contribution in [2.24, 2.45) is 0 Å². The summed E-state index contributed by atoms with van der Waals surface area (Å²) >= 11 is 0. The van der Waals surface area contributed by atoms with Crippen LogP contribution in [0.15, 0.2) is 30.5 Å².